The summed E-state index contributed by atoms with van der Waals surface area (Å²) in [7, 11) is -1.75. The van der Waals surface area contributed by atoms with Crippen LogP contribution >= 0.6 is 11.6 Å². The number of rotatable bonds is 5. The number of amides is 1. The van der Waals surface area contributed by atoms with E-state index in [-0.39, 0.29) is 0 Å². The second-order valence-electron chi connectivity index (χ2n) is 6.88. The summed E-state index contributed by atoms with van der Waals surface area (Å²) in [5.74, 6) is 0.106. The second-order valence-corrected chi connectivity index (χ2v) is 9.28. The quantitative estimate of drug-likeness (QED) is 0.645. The highest BCUT2D eigenvalue weighted by Gasteiger charge is 2.36. The summed E-state index contributed by atoms with van der Waals surface area (Å²) in [6.07, 6.45) is 5.94. The van der Waals surface area contributed by atoms with Gasteiger partial charge >= 0.3 is 0 Å². The van der Waals surface area contributed by atoms with Crippen LogP contribution in [0.15, 0.2) is 36.5 Å². The first-order valence-corrected chi connectivity index (χ1v) is 10.7. The van der Waals surface area contributed by atoms with Crippen molar-refractivity contribution in [3.8, 4) is 5.82 Å². The first-order valence-electron chi connectivity index (χ1n) is 8.80. The van der Waals surface area contributed by atoms with Gasteiger partial charge in [0.25, 0.3) is 5.91 Å². The molecule has 1 aliphatic rings. The molecule has 0 atom stereocenters. The third-order valence-corrected chi connectivity index (χ3v) is 6.79. The van der Waals surface area contributed by atoms with Gasteiger partial charge in [-0.15, -0.1) is 0 Å². The molecule has 9 heteroatoms. The van der Waals surface area contributed by atoms with E-state index >= 15 is 0 Å². The lowest BCUT2D eigenvalue weighted by Crippen LogP contribution is -2.31. The van der Waals surface area contributed by atoms with Gasteiger partial charge in [0, 0.05) is 35.3 Å². The number of nitrogens with one attached hydrogen (secondary N) is 1. The predicted molar refractivity (Wildman–Crippen MR) is 109 cm³/mol. The lowest BCUT2D eigenvalue weighted by molar-refractivity contribution is -0.114. The molecular formula is C19H19ClN4O3S. The topological polar surface area (TPSA) is 86.0 Å². The van der Waals surface area contributed by atoms with Crippen LogP contribution in [-0.2, 0) is 21.9 Å². The summed E-state index contributed by atoms with van der Waals surface area (Å²) in [5, 5.41) is 5.64. The van der Waals surface area contributed by atoms with Crippen LogP contribution in [0.4, 0.5) is 0 Å². The van der Waals surface area contributed by atoms with Crippen molar-refractivity contribution in [2.45, 2.75) is 25.0 Å². The number of fused-ring (bicyclic) bond motifs is 1. The molecule has 0 unspecified atom stereocenters. The Morgan fingerprint density at radius 2 is 2.07 bits per heavy atom. The Morgan fingerprint density at radius 3 is 2.79 bits per heavy atom. The molecule has 2 aromatic heterocycles. The lowest BCUT2D eigenvalue weighted by Gasteiger charge is -2.08. The minimum absolute atomic E-state index is 0.446. The van der Waals surface area contributed by atoms with E-state index in [0.29, 0.717) is 17.9 Å². The molecule has 0 radical (unpaired) electrons. The van der Waals surface area contributed by atoms with E-state index < -0.39 is 21.2 Å². The molecule has 7 nitrogen and oxygen atoms in total. The number of aromatic nitrogens is 3. The number of aryl methyl sites for hydroxylation is 2. The number of benzene rings is 1. The van der Waals surface area contributed by atoms with Crippen LogP contribution in [0.1, 0.15) is 24.1 Å². The first kappa shape index (κ1) is 18.8. The third-order valence-electron chi connectivity index (χ3n) is 4.73. The maximum atomic E-state index is 12.1. The number of sulfonamides is 1. The van der Waals surface area contributed by atoms with Crippen molar-refractivity contribution in [3.05, 3.63) is 52.8 Å². The van der Waals surface area contributed by atoms with E-state index in [1.165, 1.54) is 6.08 Å². The SMILES string of the molecule is Cc1nn(C)c(-n2ccc3cc(Cl)ccc32)c1C=CC(=O)NS(=O)(=O)C1CC1. The summed E-state index contributed by atoms with van der Waals surface area (Å²) in [6.45, 7) is 1.84. The summed E-state index contributed by atoms with van der Waals surface area (Å²) in [5.41, 5.74) is 2.40. The molecule has 146 valence electrons. The molecule has 28 heavy (non-hydrogen) atoms. The van der Waals surface area contributed by atoms with E-state index in [1.54, 1.807) is 10.8 Å². The molecule has 1 amide bonds. The van der Waals surface area contributed by atoms with Gasteiger partial charge in [0.05, 0.1) is 16.5 Å². The molecule has 1 fully saturated rings. The molecule has 2 heterocycles. The molecule has 1 N–H and O–H groups in total. The zero-order valence-electron chi connectivity index (χ0n) is 15.4. The highest BCUT2D eigenvalue weighted by atomic mass is 35.5. The summed E-state index contributed by atoms with van der Waals surface area (Å²) in [6, 6.07) is 7.56. The summed E-state index contributed by atoms with van der Waals surface area (Å²) in [4.78, 5) is 12.1. The Balaban J connectivity index is 1.69. The van der Waals surface area contributed by atoms with Gasteiger partial charge in [0.1, 0.15) is 5.82 Å². The third kappa shape index (κ3) is 3.45. The fourth-order valence-corrected chi connectivity index (χ4v) is 4.69. The number of hydrogen-bond donors (Lipinski definition) is 1. The van der Waals surface area contributed by atoms with Gasteiger partial charge in [-0.05, 0) is 50.1 Å². The highest BCUT2D eigenvalue weighted by Crippen LogP contribution is 2.28. The zero-order valence-corrected chi connectivity index (χ0v) is 17.0. The number of carbonyl (C=O) groups is 1. The molecule has 1 aliphatic carbocycles. The van der Waals surface area contributed by atoms with Crippen LogP contribution in [0.25, 0.3) is 22.8 Å². The van der Waals surface area contributed by atoms with Crippen LogP contribution in [0.2, 0.25) is 5.02 Å². The monoisotopic (exact) mass is 418 g/mol. The van der Waals surface area contributed by atoms with E-state index in [4.69, 9.17) is 11.6 Å². The van der Waals surface area contributed by atoms with Crippen molar-refractivity contribution < 1.29 is 13.2 Å². The Kier molecular flexibility index (Phi) is 4.55. The van der Waals surface area contributed by atoms with Gasteiger partial charge in [-0.1, -0.05) is 11.6 Å². The van der Waals surface area contributed by atoms with Crippen molar-refractivity contribution in [3.63, 3.8) is 0 Å². The number of carbonyl (C=O) groups excluding carboxylic acids is 1. The number of nitrogens with zero attached hydrogens (tertiary/aromatic N) is 3. The molecular weight excluding hydrogens is 400 g/mol. The van der Waals surface area contributed by atoms with Gasteiger partial charge < -0.3 is 4.57 Å². The van der Waals surface area contributed by atoms with Gasteiger partial charge in [-0.25, -0.2) is 13.1 Å². The molecule has 1 saturated carbocycles. The van der Waals surface area contributed by atoms with Crippen molar-refractivity contribution >= 4 is 44.5 Å². The van der Waals surface area contributed by atoms with Crippen LogP contribution in [-0.4, -0.2) is 33.9 Å². The maximum Gasteiger partial charge on any atom is 0.257 e. The standard InChI is InChI=1S/C19H19ClN4O3S/c1-12-16(6-8-18(25)22-28(26,27)15-4-5-15)19(23(2)21-12)24-10-9-13-11-14(20)3-7-17(13)24/h3,6-11,15H,4-5H2,1-2H3,(H,22,25). The molecule has 4 rings (SSSR count). The molecule has 0 spiro atoms. The number of hydrogen-bond acceptors (Lipinski definition) is 4. The Bertz CT molecular complexity index is 1220. The van der Waals surface area contributed by atoms with Crippen LogP contribution in [0, 0.1) is 6.92 Å². The number of halogens is 1. The maximum absolute atomic E-state index is 12.1. The smallest absolute Gasteiger partial charge is 0.257 e. The van der Waals surface area contributed by atoms with E-state index in [9.17, 15) is 13.2 Å². The van der Waals surface area contributed by atoms with E-state index in [0.717, 1.165) is 28.0 Å². The normalized spacial score (nSPS) is 14.8. The largest absolute Gasteiger partial charge is 0.301 e. The first-order chi connectivity index (χ1) is 13.3. The van der Waals surface area contributed by atoms with Crippen molar-refractivity contribution in [1.82, 2.24) is 19.1 Å². The van der Waals surface area contributed by atoms with Gasteiger partial charge in [0.2, 0.25) is 10.0 Å². The van der Waals surface area contributed by atoms with Crippen LogP contribution in [0.5, 0.6) is 0 Å². The minimum atomic E-state index is -3.57. The molecule has 0 aliphatic heterocycles. The van der Waals surface area contributed by atoms with Crippen molar-refractivity contribution in [2.75, 3.05) is 0 Å². The Hall–Kier alpha value is -2.58. The fourth-order valence-electron chi connectivity index (χ4n) is 3.24. The summed E-state index contributed by atoms with van der Waals surface area (Å²) >= 11 is 6.07. The van der Waals surface area contributed by atoms with Gasteiger partial charge in [0.15, 0.2) is 0 Å². The van der Waals surface area contributed by atoms with Crippen LogP contribution < -0.4 is 4.72 Å². The molecule has 0 bridgehead atoms. The minimum Gasteiger partial charge on any atom is -0.301 e. The molecule has 1 aromatic carbocycles. The Labute approximate surface area is 167 Å². The average Bonchev–Trinajstić information content (AvgIpc) is 3.35. The predicted octanol–water partition coefficient (Wildman–Crippen LogP) is 2.95. The van der Waals surface area contributed by atoms with Crippen molar-refractivity contribution in [2.24, 2.45) is 7.05 Å². The average molecular weight is 419 g/mol. The highest BCUT2D eigenvalue weighted by molar-refractivity contribution is 7.91. The van der Waals surface area contributed by atoms with E-state index in [2.05, 4.69) is 9.82 Å². The van der Waals surface area contributed by atoms with Crippen molar-refractivity contribution in [1.29, 1.82) is 0 Å². The summed E-state index contributed by atoms with van der Waals surface area (Å²) < 4.78 is 29.6. The lowest BCUT2D eigenvalue weighted by atomic mass is 10.2. The second kappa shape index (κ2) is 6.79. The fraction of sp³-hybridized carbons (Fsp3) is 0.263. The van der Waals surface area contributed by atoms with Gasteiger partial charge in [-0.3, -0.25) is 9.48 Å². The van der Waals surface area contributed by atoms with Gasteiger partial charge in [-0.2, -0.15) is 5.10 Å². The van der Waals surface area contributed by atoms with Crippen LogP contribution in [0.3, 0.4) is 0 Å². The zero-order chi connectivity index (χ0) is 20.1. The Morgan fingerprint density at radius 1 is 1.32 bits per heavy atom. The molecule has 3 aromatic rings. The molecule has 0 saturated heterocycles. The van der Waals surface area contributed by atoms with E-state index in [1.807, 2.05) is 49.0 Å².